The Kier molecular flexibility index (Phi) is 2.40. The van der Waals surface area contributed by atoms with Crippen LogP contribution in [0.15, 0.2) is 24.3 Å². The zero-order valence-corrected chi connectivity index (χ0v) is 10.1. The van der Waals surface area contributed by atoms with Crippen molar-refractivity contribution in [1.29, 1.82) is 0 Å². The molecular weight excluding hydrogens is 232 g/mol. The molecule has 3 rings (SSSR count). The van der Waals surface area contributed by atoms with Gasteiger partial charge in [0.05, 0.1) is 20.0 Å². The van der Waals surface area contributed by atoms with Gasteiger partial charge in [0, 0.05) is 5.41 Å². The molecule has 0 saturated carbocycles. The summed E-state index contributed by atoms with van der Waals surface area (Å²) < 4.78 is 10.2. The molecule has 0 bridgehead atoms. The van der Waals surface area contributed by atoms with Gasteiger partial charge in [0.15, 0.2) is 0 Å². The molecule has 1 aromatic carbocycles. The van der Waals surface area contributed by atoms with Crippen LogP contribution in [-0.4, -0.2) is 19.0 Å². The maximum absolute atomic E-state index is 11.6. The third kappa shape index (κ3) is 1.52. The maximum atomic E-state index is 11.6. The van der Waals surface area contributed by atoms with Crippen LogP contribution in [0.1, 0.15) is 30.1 Å². The number of carbonyl (C=O) groups is 2. The molecule has 94 valence electrons. The van der Waals surface area contributed by atoms with Crippen LogP contribution in [0.2, 0.25) is 0 Å². The van der Waals surface area contributed by atoms with Gasteiger partial charge in [-0.05, 0) is 17.5 Å². The molecule has 2 atom stereocenters. The third-order valence-electron chi connectivity index (χ3n) is 3.91. The van der Waals surface area contributed by atoms with Crippen LogP contribution >= 0.6 is 0 Å². The average molecular weight is 246 g/mol. The number of benzene rings is 1. The van der Waals surface area contributed by atoms with E-state index in [1.165, 1.54) is 12.7 Å². The molecule has 4 nitrogen and oxygen atoms in total. The molecule has 1 fully saturated rings. The van der Waals surface area contributed by atoms with Crippen molar-refractivity contribution in [3.8, 4) is 0 Å². The molecule has 2 unspecified atom stereocenters. The van der Waals surface area contributed by atoms with Gasteiger partial charge < -0.3 is 9.47 Å². The Morgan fingerprint density at radius 2 is 2.22 bits per heavy atom. The highest BCUT2D eigenvalue weighted by Crippen LogP contribution is 2.56. The largest absolute Gasteiger partial charge is 0.469 e. The number of ether oxygens (including phenoxy) is 2. The minimum absolute atomic E-state index is 0.224. The molecule has 0 spiro atoms. The molecule has 4 heteroatoms. The van der Waals surface area contributed by atoms with Gasteiger partial charge in [-0.25, -0.2) is 0 Å². The Bertz CT molecular complexity index is 522. The zero-order chi connectivity index (χ0) is 12.8. The van der Waals surface area contributed by atoms with Gasteiger partial charge in [-0.3, -0.25) is 9.59 Å². The fourth-order valence-corrected chi connectivity index (χ4v) is 3.13. The van der Waals surface area contributed by atoms with E-state index < -0.39 is 5.41 Å². The summed E-state index contributed by atoms with van der Waals surface area (Å²) in [6, 6.07) is 7.89. The van der Waals surface area contributed by atoms with Gasteiger partial charge in [0.2, 0.25) is 0 Å². The molecule has 1 heterocycles. The van der Waals surface area contributed by atoms with Gasteiger partial charge in [-0.15, -0.1) is 0 Å². The first-order chi connectivity index (χ1) is 8.64. The number of fused-ring (bicyclic) bond motifs is 3. The minimum Gasteiger partial charge on any atom is -0.469 e. The molecule has 0 radical (unpaired) electrons. The predicted octanol–water partition coefficient (Wildman–Crippen LogP) is 1.78. The molecule has 1 saturated heterocycles. The predicted molar refractivity (Wildman–Crippen MR) is 62.7 cm³/mol. The summed E-state index contributed by atoms with van der Waals surface area (Å²) in [6.07, 6.45) is 0.936. The first-order valence-electron chi connectivity index (χ1n) is 5.99. The zero-order valence-electron chi connectivity index (χ0n) is 10.1. The van der Waals surface area contributed by atoms with Gasteiger partial charge in [0.1, 0.15) is 6.10 Å². The summed E-state index contributed by atoms with van der Waals surface area (Å²) in [6.45, 7) is 0. The first kappa shape index (κ1) is 11.3. The fraction of sp³-hybridized carbons (Fsp3) is 0.429. The van der Waals surface area contributed by atoms with E-state index in [2.05, 4.69) is 0 Å². The Balaban J connectivity index is 1.99. The van der Waals surface area contributed by atoms with E-state index in [1.54, 1.807) is 0 Å². The van der Waals surface area contributed by atoms with E-state index in [0.717, 1.165) is 5.56 Å². The van der Waals surface area contributed by atoms with E-state index in [-0.39, 0.29) is 24.5 Å². The van der Waals surface area contributed by atoms with Crippen molar-refractivity contribution in [2.24, 2.45) is 5.41 Å². The second-order valence-electron chi connectivity index (χ2n) is 5.04. The van der Waals surface area contributed by atoms with Crippen molar-refractivity contribution >= 4 is 11.9 Å². The van der Waals surface area contributed by atoms with Crippen molar-refractivity contribution in [2.45, 2.75) is 25.4 Å². The summed E-state index contributed by atoms with van der Waals surface area (Å²) in [4.78, 5) is 23.1. The van der Waals surface area contributed by atoms with Crippen LogP contribution in [-0.2, 0) is 25.5 Å². The van der Waals surface area contributed by atoms with Gasteiger partial charge in [-0.1, -0.05) is 24.3 Å². The van der Waals surface area contributed by atoms with Crippen LogP contribution in [0.4, 0.5) is 0 Å². The topological polar surface area (TPSA) is 52.6 Å². The van der Waals surface area contributed by atoms with Gasteiger partial charge in [-0.2, -0.15) is 0 Å². The highest BCUT2D eigenvalue weighted by atomic mass is 16.6. The van der Waals surface area contributed by atoms with Gasteiger partial charge in [0.25, 0.3) is 0 Å². The summed E-state index contributed by atoms with van der Waals surface area (Å²) in [5.74, 6) is -0.510. The van der Waals surface area contributed by atoms with Crippen LogP contribution in [0, 0.1) is 5.41 Å². The van der Waals surface area contributed by atoms with E-state index in [4.69, 9.17) is 9.47 Å². The monoisotopic (exact) mass is 246 g/mol. The second kappa shape index (κ2) is 3.83. The summed E-state index contributed by atoms with van der Waals surface area (Å²) in [5.41, 5.74) is 1.76. The number of hydrogen-bond donors (Lipinski definition) is 0. The van der Waals surface area contributed by atoms with Crippen molar-refractivity contribution in [3.05, 3.63) is 35.4 Å². The lowest BCUT2D eigenvalue weighted by Gasteiger charge is -2.24. The molecule has 1 aliphatic carbocycles. The second-order valence-corrected chi connectivity index (χ2v) is 5.04. The van der Waals surface area contributed by atoms with E-state index >= 15 is 0 Å². The maximum Gasteiger partial charge on any atom is 0.307 e. The SMILES string of the molecule is COC(=O)CC12CC(=O)OC1c1ccccc1C2. The van der Waals surface area contributed by atoms with Crippen molar-refractivity contribution < 1.29 is 19.1 Å². The van der Waals surface area contributed by atoms with Crippen LogP contribution in [0.5, 0.6) is 0 Å². The minimum atomic E-state index is -0.437. The fourth-order valence-electron chi connectivity index (χ4n) is 3.13. The smallest absolute Gasteiger partial charge is 0.307 e. The molecule has 0 aromatic heterocycles. The normalized spacial score (nSPS) is 28.5. The molecule has 1 aliphatic heterocycles. The van der Waals surface area contributed by atoms with Crippen LogP contribution in [0.3, 0.4) is 0 Å². The Morgan fingerprint density at radius 1 is 1.44 bits per heavy atom. The lowest BCUT2D eigenvalue weighted by Crippen LogP contribution is -2.26. The molecule has 18 heavy (non-hydrogen) atoms. The molecule has 0 amide bonds. The van der Waals surface area contributed by atoms with Crippen LogP contribution < -0.4 is 0 Å². The summed E-state index contributed by atoms with van der Waals surface area (Å²) in [7, 11) is 1.37. The first-order valence-corrected chi connectivity index (χ1v) is 5.99. The quantitative estimate of drug-likeness (QED) is 0.746. The van der Waals surface area contributed by atoms with Crippen molar-refractivity contribution in [1.82, 2.24) is 0 Å². The van der Waals surface area contributed by atoms with Crippen molar-refractivity contribution in [3.63, 3.8) is 0 Å². The van der Waals surface area contributed by atoms with E-state index in [9.17, 15) is 9.59 Å². The molecule has 0 N–H and O–H groups in total. The highest BCUT2D eigenvalue weighted by Gasteiger charge is 2.55. The number of hydrogen-bond acceptors (Lipinski definition) is 4. The number of methoxy groups -OCH3 is 1. The molecule has 1 aromatic rings. The average Bonchev–Trinajstić information content (AvgIpc) is 2.79. The van der Waals surface area contributed by atoms with Crippen molar-refractivity contribution in [2.75, 3.05) is 7.11 Å². The molecular formula is C14H14O4. The third-order valence-corrected chi connectivity index (χ3v) is 3.91. The number of carbonyl (C=O) groups excluding carboxylic acids is 2. The summed E-state index contributed by atoms with van der Waals surface area (Å²) >= 11 is 0. The lowest BCUT2D eigenvalue weighted by molar-refractivity contribution is -0.146. The highest BCUT2D eigenvalue weighted by molar-refractivity contribution is 5.78. The van der Waals surface area contributed by atoms with Gasteiger partial charge >= 0.3 is 11.9 Å². The Hall–Kier alpha value is -1.84. The van der Waals surface area contributed by atoms with E-state index in [0.29, 0.717) is 12.8 Å². The Morgan fingerprint density at radius 3 is 3.00 bits per heavy atom. The Labute approximate surface area is 105 Å². The number of rotatable bonds is 2. The van der Waals surface area contributed by atoms with Crippen LogP contribution in [0.25, 0.3) is 0 Å². The summed E-state index contributed by atoms with van der Waals surface area (Å²) in [5, 5.41) is 0. The van der Waals surface area contributed by atoms with E-state index in [1.807, 2.05) is 24.3 Å². The molecule has 2 aliphatic rings. The number of esters is 2. The standard InChI is InChI=1S/C14H14O4/c1-17-11(15)7-14-6-9-4-2-3-5-10(9)13(14)18-12(16)8-14/h2-5,13H,6-8H2,1H3. The lowest BCUT2D eigenvalue weighted by atomic mass is 9.78.